The van der Waals surface area contributed by atoms with E-state index in [4.69, 9.17) is 4.74 Å². The highest BCUT2D eigenvalue weighted by Crippen LogP contribution is 2.41. The molecule has 1 unspecified atom stereocenters. The molecule has 1 aliphatic carbocycles. The number of hydrogen-bond donors (Lipinski definition) is 1. The second kappa shape index (κ2) is 7.23. The second-order valence-corrected chi connectivity index (χ2v) is 5.89. The quantitative estimate of drug-likeness (QED) is 0.833. The van der Waals surface area contributed by atoms with E-state index < -0.39 is 0 Å². The molecule has 0 aromatic carbocycles. The summed E-state index contributed by atoms with van der Waals surface area (Å²) in [7, 11) is 1.98. The number of nitrogens with zero attached hydrogens (tertiary/aromatic N) is 2. The Bertz CT molecular complexity index is 391. The van der Waals surface area contributed by atoms with Gasteiger partial charge in [0.1, 0.15) is 0 Å². The number of aryl methyl sites for hydroxylation is 1. The third-order valence-corrected chi connectivity index (χ3v) is 4.31. The molecule has 0 radical (unpaired) electrons. The Hall–Kier alpha value is -0.870. The molecule has 4 heteroatoms. The van der Waals surface area contributed by atoms with Gasteiger partial charge in [-0.3, -0.25) is 4.68 Å². The predicted molar refractivity (Wildman–Crippen MR) is 81.7 cm³/mol. The van der Waals surface area contributed by atoms with Crippen LogP contribution in [-0.4, -0.2) is 28.5 Å². The van der Waals surface area contributed by atoms with Gasteiger partial charge in [0.05, 0.1) is 17.8 Å². The summed E-state index contributed by atoms with van der Waals surface area (Å²) in [6, 6.07) is 0.261. The van der Waals surface area contributed by atoms with E-state index in [1.165, 1.54) is 24.8 Å². The third-order valence-electron chi connectivity index (χ3n) is 4.31. The maximum absolute atomic E-state index is 6.29. The van der Waals surface area contributed by atoms with E-state index in [0.717, 1.165) is 32.4 Å². The molecule has 0 spiro atoms. The standard InChI is InChI=1S/C16H29N3O/c1-4-11-17-15(14-12-18-19(3)13-14)16(20-5-2)9-7-6-8-10-16/h12-13,15,17H,4-11H2,1-3H3. The maximum Gasteiger partial charge on any atom is 0.0877 e. The second-order valence-electron chi connectivity index (χ2n) is 5.89. The molecule has 1 fully saturated rings. The Morgan fingerprint density at radius 2 is 2.10 bits per heavy atom. The number of ether oxygens (including phenoxy) is 1. The van der Waals surface area contributed by atoms with Crippen molar-refractivity contribution in [3.63, 3.8) is 0 Å². The Labute approximate surface area is 122 Å². The third kappa shape index (κ3) is 3.41. The molecule has 1 aromatic rings. The van der Waals surface area contributed by atoms with E-state index >= 15 is 0 Å². The zero-order valence-electron chi connectivity index (χ0n) is 13.2. The number of nitrogens with one attached hydrogen (secondary N) is 1. The molecule has 1 aromatic heterocycles. The summed E-state index contributed by atoms with van der Waals surface area (Å²) >= 11 is 0. The van der Waals surface area contributed by atoms with Crippen molar-refractivity contribution in [2.75, 3.05) is 13.2 Å². The van der Waals surface area contributed by atoms with Crippen LogP contribution in [0.3, 0.4) is 0 Å². The van der Waals surface area contributed by atoms with Crippen molar-refractivity contribution in [3.05, 3.63) is 18.0 Å². The largest absolute Gasteiger partial charge is 0.373 e. The highest BCUT2D eigenvalue weighted by atomic mass is 16.5. The molecule has 0 amide bonds. The van der Waals surface area contributed by atoms with Crippen LogP contribution in [0.5, 0.6) is 0 Å². The number of rotatable bonds is 7. The molecule has 1 atom stereocenters. The van der Waals surface area contributed by atoms with Gasteiger partial charge in [0.2, 0.25) is 0 Å². The van der Waals surface area contributed by atoms with Crippen molar-refractivity contribution in [1.29, 1.82) is 0 Å². The van der Waals surface area contributed by atoms with Crippen LogP contribution in [-0.2, 0) is 11.8 Å². The van der Waals surface area contributed by atoms with Gasteiger partial charge in [-0.2, -0.15) is 5.10 Å². The molecular formula is C16H29N3O. The Morgan fingerprint density at radius 3 is 2.65 bits per heavy atom. The maximum atomic E-state index is 6.29. The van der Waals surface area contributed by atoms with Crippen molar-refractivity contribution in [2.24, 2.45) is 7.05 Å². The van der Waals surface area contributed by atoms with Gasteiger partial charge in [-0.05, 0) is 32.7 Å². The summed E-state index contributed by atoms with van der Waals surface area (Å²) in [5, 5.41) is 8.07. The lowest BCUT2D eigenvalue weighted by Gasteiger charge is -2.43. The Kier molecular flexibility index (Phi) is 5.61. The van der Waals surface area contributed by atoms with Crippen LogP contribution in [0, 0.1) is 0 Å². The summed E-state index contributed by atoms with van der Waals surface area (Å²) in [6.07, 6.45) is 11.4. The van der Waals surface area contributed by atoms with E-state index in [1.54, 1.807) is 0 Å². The highest BCUT2D eigenvalue weighted by Gasteiger charge is 2.41. The van der Waals surface area contributed by atoms with Crippen molar-refractivity contribution >= 4 is 0 Å². The molecule has 20 heavy (non-hydrogen) atoms. The normalized spacial score (nSPS) is 19.9. The van der Waals surface area contributed by atoms with Crippen LogP contribution in [0.2, 0.25) is 0 Å². The van der Waals surface area contributed by atoms with Gasteiger partial charge in [0, 0.05) is 25.4 Å². The lowest BCUT2D eigenvalue weighted by molar-refractivity contribution is -0.0912. The average Bonchev–Trinajstić information content (AvgIpc) is 2.87. The topological polar surface area (TPSA) is 39.1 Å². The molecule has 1 N–H and O–H groups in total. The van der Waals surface area contributed by atoms with Gasteiger partial charge < -0.3 is 10.1 Å². The summed E-state index contributed by atoms with van der Waals surface area (Å²) < 4.78 is 8.18. The molecule has 4 nitrogen and oxygen atoms in total. The van der Waals surface area contributed by atoms with Gasteiger partial charge in [0.25, 0.3) is 0 Å². The van der Waals surface area contributed by atoms with Gasteiger partial charge >= 0.3 is 0 Å². The molecular weight excluding hydrogens is 250 g/mol. The summed E-state index contributed by atoms with van der Waals surface area (Å²) in [5.41, 5.74) is 1.21. The molecule has 1 saturated carbocycles. The molecule has 0 aliphatic heterocycles. The van der Waals surface area contributed by atoms with Crippen LogP contribution in [0.4, 0.5) is 0 Å². The lowest BCUT2D eigenvalue weighted by atomic mass is 9.77. The van der Waals surface area contributed by atoms with Crippen molar-refractivity contribution in [3.8, 4) is 0 Å². The van der Waals surface area contributed by atoms with E-state index in [9.17, 15) is 0 Å². The fourth-order valence-electron chi connectivity index (χ4n) is 3.44. The summed E-state index contributed by atoms with van der Waals surface area (Å²) in [6.45, 7) is 6.12. The average molecular weight is 279 g/mol. The van der Waals surface area contributed by atoms with Gasteiger partial charge in [-0.15, -0.1) is 0 Å². The molecule has 0 saturated heterocycles. The van der Waals surface area contributed by atoms with E-state index in [1.807, 2.05) is 17.9 Å². The van der Waals surface area contributed by atoms with Crippen LogP contribution in [0.1, 0.15) is 64.0 Å². The highest BCUT2D eigenvalue weighted by molar-refractivity contribution is 5.17. The Balaban J connectivity index is 2.26. The molecule has 1 aliphatic rings. The zero-order chi connectivity index (χ0) is 14.4. The van der Waals surface area contributed by atoms with Gasteiger partial charge in [0.15, 0.2) is 0 Å². The number of hydrogen-bond acceptors (Lipinski definition) is 3. The summed E-state index contributed by atoms with van der Waals surface area (Å²) in [4.78, 5) is 0. The first-order valence-electron chi connectivity index (χ1n) is 8.07. The van der Waals surface area contributed by atoms with Crippen molar-refractivity contribution in [1.82, 2.24) is 15.1 Å². The first-order valence-corrected chi connectivity index (χ1v) is 8.07. The minimum Gasteiger partial charge on any atom is -0.373 e. The summed E-state index contributed by atoms with van der Waals surface area (Å²) in [5.74, 6) is 0. The van der Waals surface area contributed by atoms with E-state index in [0.29, 0.717) is 0 Å². The van der Waals surface area contributed by atoms with E-state index in [2.05, 4.69) is 30.5 Å². The monoisotopic (exact) mass is 279 g/mol. The first kappa shape index (κ1) is 15.5. The van der Waals surface area contributed by atoms with Crippen LogP contribution in [0.15, 0.2) is 12.4 Å². The van der Waals surface area contributed by atoms with Crippen LogP contribution < -0.4 is 5.32 Å². The Morgan fingerprint density at radius 1 is 1.35 bits per heavy atom. The first-order chi connectivity index (χ1) is 9.72. The lowest BCUT2D eigenvalue weighted by Crippen LogP contribution is -2.47. The fraction of sp³-hybridized carbons (Fsp3) is 0.812. The van der Waals surface area contributed by atoms with Crippen LogP contribution in [0.25, 0.3) is 0 Å². The van der Waals surface area contributed by atoms with Gasteiger partial charge in [-0.25, -0.2) is 0 Å². The smallest absolute Gasteiger partial charge is 0.0877 e. The zero-order valence-corrected chi connectivity index (χ0v) is 13.2. The predicted octanol–water partition coefficient (Wildman–Crippen LogP) is 3.20. The van der Waals surface area contributed by atoms with Crippen molar-refractivity contribution < 1.29 is 4.74 Å². The molecule has 0 bridgehead atoms. The molecule has 1 heterocycles. The molecule has 2 rings (SSSR count). The molecule has 114 valence electrons. The van der Waals surface area contributed by atoms with E-state index in [-0.39, 0.29) is 11.6 Å². The minimum absolute atomic E-state index is 0.0504. The SMILES string of the molecule is CCCNC(c1cnn(C)c1)C1(OCC)CCCCC1. The fourth-order valence-corrected chi connectivity index (χ4v) is 3.44. The van der Waals surface area contributed by atoms with Crippen LogP contribution >= 0.6 is 0 Å². The minimum atomic E-state index is -0.0504. The van der Waals surface area contributed by atoms with Crippen molar-refractivity contribution in [2.45, 2.75) is 64.0 Å². The van der Waals surface area contributed by atoms with Gasteiger partial charge in [-0.1, -0.05) is 26.2 Å². The number of aromatic nitrogens is 2.